The highest BCUT2D eigenvalue weighted by atomic mass is 15.2. The molecule has 1 aromatic heterocycles. The lowest BCUT2D eigenvalue weighted by Crippen LogP contribution is -1.94. The van der Waals surface area contributed by atoms with E-state index in [0.717, 1.165) is 23.6 Å². The minimum absolute atomic E-state index is 0.0620. The first-order valence-electron chi connectivity index (χ1n) is 7.54. The van der Waals surface area contributed by atoms with E-state index < -0.39 is 0 Å². The van der Waals surface area contributed by atoms with Crippen LogP contribution in [0.15, 0.2) is 71.0 Å². The number of benzene rings is 2. The Morgan fingerprint density at radius 2 is 1.77 bits per heavy atom. The summed E-state index contributed by atoms with van der Waals surface area (Å²) in [7, 11) is 0. The van der Waals surface area contributed by atoms with Crippen LogP contribution in [0.2, 0.25) is 0 Å². The van der Waals surface area contributed by atoms with Crippen LogP contribution in [0.5, 0.6) is 0 Å². The van der Waals surface area contributed by atoms with Gasteiger partial charge in [0, 0.05) is 10.8 Å². The predicted molar refractivity (Wildman–Crippen MR) is 88.1 cm³/mol. The second-order valence-corrected chi connectivity index (χ2v) is 5.19. The van der Waals surface area contributed by atoms with Gasteiger partial charge < -0.3 is 0 Å². The Morgan fingerprint density at radius 3 is 2.59 bits per heavy atom. The van der Waals surface area contributed by atoms with E-state index in [2.05, 4.69) is 39.5 Å². The van der Waals surface area contributed by atoms with Crippen molar-refractivity contribution in [1.29, 1.82) is 0 Å². The van der Waals surface area contributed by atoms with E-state index in [0.29, 0.717) is 5.82 Å². The Bertz CT molecular complexity index is 763. The van der Waals surface area contributed by atoms with E-state index in [4.69, 9.17) is 0 Å². The highest BCUT2D eigenvalue weighted by Gasteiger charge is 2.09. The van der Waals surface area contributed by atoms with Crippen LogP contribution >= 0.6 is 0 Å². The van der Waals surface area contributed by atoms with E-state index in [9.17, 15) is 0 Å². The summed E-state index contributed by atoms with van der Waals surface area (Å²) in [6.45, 7) is 2.16. The van der Waals surface area contributed by atoms with E-state index in [-0.39, 0.29) is 6.04 Å². The van der Waals surface area contributed by atoms with Gasteiger partial charge in [-0.3, -0.25) is 0 Å². The number of rotatable bonds is 5. The molecule has 0 radical (unpaired) electrons. The van der Waals surface area contributed by atoms with Gasteiger partial charge in [0.15, 0.2) is 0 Å². The number of aromatic nitrogens is 2. The molecule has 2 aromatic carbocycles. The summed E-state index contributed by atoms with van der Waals surface area (Å²) in [6.07, 6.45) is 3.76. The molecule has 4 heteroatoms. The number of hydrogen-bond donors (Lipinski definition) is 0. The van der Waals surface area contributed by atoms with Gasteiger partial charge in [-0.2, -0.15) is 10.2 Å². The van der Waals surface area contributed by atoms with Gasteiger partial charge in [0.05, 0.1) is 12.2 Å². The second-order valence-electron chi connectivity index (χ2n) is 5.19. The van der Waals surface area contributed by atoms with Crippen LogP contribution in [-0.2, 0) is 0 Å². The number of hydrogen-bond acceptors (Lipinski definition) is 4. The molecule has 0 aliphatic heterocycles. The zero-order chi connectivity index (χ0) is 15.2. The monoisotopic (exact) mass is 290 g/mol. The molecular weight excluding hydrogens is 272 g/mol. The van der Waals surface area contributed by atoms with Crippen molar-refractivity contribution < 1.29 is 0 Å². The van der Waals surface area contributed by atoms with Gasteiger partial charge >= 0.3 is 0 Å². The maximum absolute atomic E-state index is 4.53. The van der Waals surface area contributed by atoms with Gasteiger partial charge in [-0.1, -0.05) is 67.9 Å². The second kappa shape index (κ2) is 6.89. The van der Waals surface area contributed by atoms with Crippen LogP contribution in [0.4, 0.5) is 5.82 Å². The minimum atomic E-state index is 0.0620. The molecule has 0 fully saturated rings. The van der Waals surface area contributed by atoms with Gasteiger partial charge in [0.25, 0.3) is 0 Å². The Morgan fingerprint density at radius 1 is 1.00 bits per heavy atom. The van der Waals surface area contributed by atoms with Gasteiger partial charge in [-0.25, -0.2) is 0 Å². The standard InChI is InChI=1S/C18H18N4/c1-2-8-17(14-9-4-3-5-10-14)20-22-18-16-12-7-6-11-15(16)13-19-21-18/h3-7,9-13,17H,2,8H2,1H3. The molecule has 0 spiro atoms. The first-order valence-corrected chi connectivity index (χ1v) is 7.54. The smallest absolute Gasteiger partial charge is 0.179 e. The van der Waals surface area contributed by atoms with Gasteiger partial charge in [0.1, 0.15) is 0 Å². The lowest BCUT2D eigenvalue weighted by atomic mass is 10.0. The Kier molecular flexibility index (Phi) is 4.49. The molecule has 0 aliphatic carbocycles. The lowest BCUT2D eigenvalue weighted by Gasteiger charge is -2.10. The minimum Gasteiger partial charge on any atom is -0.179 e. The van der Waals surface area contributed by atoms with E-state index >= 15 is 0 Å². The van der Waals surface area contributed by atoms with Gasteiger partial charge in [0.2, 0.25) is 5.82 Å². The van der Waals surface area contributed by atoms with Crippen LogP contribution in [-0.4, -0.2) is 10.2 Å². The highest BCUT2D eigenvalue weighted by Crippen LogP contribution is 2.27. The average molecular weight is 290 g/mol. The van der Waals surface area contributed by atoms with Crippen molar-refractivity contribution in [3.05, 3.63) is 66.4 Å². The molecule has 0 saturated carbocycles. The van der Waals surface area contributed by atoms with E-state index in [1.165, 1.54) is 5.56 Å². The lowest BCUT2D eigenvalue weighted by molar-refractivity contribution is 0.613. The van der Waals surface area contributed by atoms with Crippen molar-refractivity contribution in [2.24, 2.45) is 10.2 Å². The third kappa shape index (κ3) is 3.17. The Labute approximate surface area is 129 Å². The van der Waals surface area contributed by atoms with E-state index in [1.54, 1.807) is 6.20 Å². The third-order valence-electron chi connectivity index (χ3n) is 3.59. The van der Waals surface area contributed by atoms with Crippen molar-refractivity contribution in [2.45, 2.75) is 25.8 Å². The Balaban J connectivity index is 1.93. The predicted octanol–water partition coefficient (Wildman–Crippen LogP) is 5.25. The molecule has 1 unspecified atom stereocenters. The van der Waals surface area contributed by atoms with Crippen molar-refractivity contribution in [3.63, 3.8) is 0 Å². The Hall–Kier alpha value is -2.62. The molecule has 3 rings (SSSR count). The van der Waals surface area contributed by atoms with Crippen LogP contribution in [0.3, 0.4) is 0 Å². The van der Waals surface area contributed by atoms with E-state index in [1.807, 2.05) is 42.5 Å². The maximum Gasteiger partial charge on any atom is 0.203 e. The normalized spacial score (nSPS) is 12.8. The maximum atomic E-state index is 4.53. The first-order chi connectivity index (χ1) is 10.9. The molecule has 110 valence electrons. The van der Waals surface area contributed by atoms with Crippen LogP contribution in [0.25, 0.3) is 10.8 Å². The van der Waals surface area contributed by atoms with Crippen molar-refractivity contribution >= 4 is 16.6 Å². The molecule has 4 nitrogen and oxygen atoms in total. The zero-order valence-electron chi connectivity index (χ0n) is 12.6. The summed E-state index contributed by atoms with van der Waals surface area (Å²) in [4.78, 5) is 0. The molecular formula is C18H18N4. The summed E-state index contributed by atoms with van der Waals surface area (Å²) in [6, 6.07) is 18.3. The first kappa shape index (κ1) is 14.3. The molecule has 1 heterocycles. The number of nitrogens with zero attached hydrogens (tertiary/aromatic N) is 4. The van der Waals surface area contributed by atoms with Crippen molar-refractivity contribution in [1.82, 2.24) is 10.2 Å². The highest BCUT2D eigenvalue weighted by molar-refractivity contribution is 5.89. The summed E-state index contributed by atoms with van der Waals surface area (Å²) < 4.78 is 0. The number of azo groups is 1. The van der Waals surface area contributed by atoms with Gasteiger partial charge in [-0.15, -0.1) is 10.2 Å². The molecule has 0 N–H and O–H groups in total. The molecule has 0 bridgehead atoms. The summed E-state index contributed by atoms with van der Waals surface area (Å²) in [5, 5.41) is 19.0. The average Bonchev–Trinajstić information content (AvgIpc) is 2.59. The SMILES string of the molecule is CCCC(N=Nc1nncc2ccccc12)c1ccccc1. The molecule has 3 aromatic rings. The fourth-order valence-corrected chi connectivity index (χ4v) is 2.45. The molecule has 0 amide bonds. The fourth-order valence-electron chi connectivity index (χ4n) is 2.45. The fraction of sp³-hybridized carbons (Fsp3) is 0.222. The zero-order valence-corrected chi connectivity index (χ0v) is 12.6. The number of fused-ring (bicyclic) bond motifs is 1. The van der Waals surface area contributed by atoms with Crippen LogP contribution in [0.1, 0.15) is 31.4 Å². The van der Waals surface area contributed by atoms with Crippen molar-refractivity contribution in [2.75, 3.05) is 0 Å². The van der Waals surface area contributed by atoms with Crippen molar-refractivity contribution in [3.8, 4) is 0 Å². The summed E-state index contributed by atoms with van der Waals surface area (Å²) in [5.41, 5.74) is 1.18. The molecule has 22 heavy (non-hydrogen) atoms. The van der Waals surface area contributed by atoms with Crippen LogP contribution in [0, 0.1) is 0 Å². The topological polar surface area (TPSA) is 50.5 Å². The largest absolute Gasteiger partial charge is 0.203 e. The third-order valence-corrected chi connectivity index (χ3v) is 3.59. The van der Waals surface area contributed by atoms with Gasteiger partial charge in [-0.05, 0) is 12.0 Å². The molecule has 1 atom stereocenters. The molecule has 0 saturated heterocycles. The quantitative estimate of drug-likeness (QED) is 0.602. The van der Waals surface area contributed by atoms with Crippen LogP contribution < -0.4 is 0 Å². The summed E-state index contributed by atoms with van der Waals surface area (Å²) >= 11 is 0. The molecule has 0 aliphatic rings. The summed E-state index contributed by atoms with van der Waals surface area (Å²) in [5.74, 6) is 0.579.